The highest BCUT2D eigenvalue weighted by Crippen LogP contribution is 1.89. The van der Waals surface area contributed by atoms with E-state index in [-0.39, 0.29) is 37.7 Å². The standard InChI is InChI=1S/C9H17NO4.C2H6/c1-8(12)2-3-9(13)10-4-6-14-7-5-11;1-2/h11H,2-7H2,1H3,(H,10,13);1-2H3. The molecule has 2 N–H and O–H groups in total. The van der Waals surface area contributed by atoms with Gasteiger partial charge in [0.15, 0.2) is 0 Å². The smallest absolute Gasteiger partial charge is 0.220 e. The van der Waals surface area contributed by atoms with E-state index in [2.05, 4.69) is 5.32 Å². The lowest BCUT2D eigenvalue weighted by Crippen LogP contribution is -2.27. The summed E-state index contributed by atoms with van der Waals surface area (Å²) < 4.78 is 4.93. The number of amides is 1. The molecule has 0 aromatic carbocycles. The molecule has 5 nitrogen and oxygen atoms in total. The van der Waals surface area contributed by atoms with E-state index in [0.29, 0.717) is 13.2 Å². The number of hydrogen-bond acceptors (Lipinski definition) is 4. The monoisotopic (exact) mass is 233 g/mol. The molecular formula is C11H23NO4. The van der Waals surface area contributed by atoms with Crippen molar-refractivity contribution in [2.24, 2.45) is 0 Å². The first-order valence-corrected chi connectivity index (χ1v) is 5.61. The molecule has 0 aliphatic heterocycles. The summed E-state index contributed by atoms with van der Waals surface area (Å²) in [6.07, 6.45) is 0.513. The van der Waals surface area contributed by atoms with Crippen LogP contribution >= 0.6 is 0 Å². The molecule has 0 atom stereocenters. The molecule has 96 valence electrons. The summed E-state index contributed by atoms with van der Waals surface area (Å²) in [6, 6.07) is 0. The topological polar surface area (TPSA) is 75.6 Å². The largest absolute Gasteiger partial charge is 0.394 e. The molecule has 0 aliphatic carbocycles. The Morgan fingerprint density at radius 2 is 1.81 bits per heavy atom. The fourth-order valence-corrected chi connectivity index (χ4v) is 0.807. The average molecular weight is 233 g/mol. The van der Waals surface area contributed by atoms with Crippen LogP contribution < -0.4 is 5.32 Å². The highest BCUT2D eigenvalue weighted by atomic mass is 16.5. The summed E-state index contributed by atoms with van der Waals surface area (Å²) in [5, 5.41) is 11.0. The molecule has 0 rings (SSSR count). The first-order chi connectivity index (χ1) is 7.66. The Kier molecular flexibility index (Phi) is 15.3. The number of nitrogens with one attached hydrogen (secondary N) is 1. The number of aliphatic hydroxyl groups is 1. The molecule has 0 unspecified atom stereocenters. The number of carbonyl (C=O) groups excluding carboxylic acids is 2. The number of carbonyl (C=O) groups is 2. The lowest BCUT2D eigenvalue weighted by molar-refractivity contribution is -0.124. The van der Waals surface area contributed by atoms with Gasteiger partial charge < -0.3 is 20.0 Å². The Labute approximate surface area is 97.2 Å². The van der Waals surface area contributed by atoms with Gasteiger partial charge in [0.2, 0.25) is 5.91 Å². The molecule has 0 aromatic heterocycles. The van der Waals surface area contributed by atoms with E-state index >= 15 is 0 Å². The predicted octanol–water partition coefficient (Wildman–Crippen LogP) is 0.507. The van der Waals surface area contributed by atoms with E-state index in [1.165, 1.54) is 6.92 Å². The first-order valence-electron chi connectivity index (χ1n) is 5.61. The third-order valence-electron chi connectivity index (χ3n) is 1.51. The first kappa shape index (κ1) is 17.5. The van der Waals surface area contributed by atoms with Crippen molar-refractivity contribution in [1.29, 1.82) is 0 Å². The summed E-state index contributed by atoms with van der Waals surface area (Å²) in [6.45, 7) is 6.52. The number of aliphatic hydroxyl groups excluding tert-OH is 1. The highest BCUT2D eigenvalue weighted by Gasteiger charge is 2.01. The van der Waals surface area contributed by atoms with Gasteiger partial charge in [-0.2, -0.15) is 0 Å². The minimum atomic E-state index is -0.146. The van der Waals surface area contributed by atoms with Gasteiger partial charge >= 0.3 is 0 Å². The molecule has 0 fully saturated rings. The maximum atomic E-state index is 11.0. The zero-order chi connectivity index (χ0) is 12.8. The third-order valence-corrected chi connectivity index (χ3v) is 1.51. The zero-order valence-electron chi connectivity index (χ0n) is 10.4. The summed E-state index contributed by atoms with van der Waals surface area (Å²) >= 11 is 0. The number of hydrogen-bond donors (Lipinski definition) is 2. The molecule has 0 heterocycles. The summed E-state index contributed by atoms with van der Waals surface area (Å²) in [5.74, 6) is -0.135. The molecule has 0 bridgehead atoms. The lowest BCUT2D eigenvalue weighted by atomic mass is 10.2. The van der Waals surface area contributed by atoms with Gasteiger partial charge in [-0.25, -0.2) is 0 Å². The quantitative estimate of drug-likeness (QED) is 0.599. The second kappa shape index (κ2) is 14.1. The van der Waals surface area contributed by atoms with Crippen LogP contribution in [0.25, 0.3) is 0 Å². The van der Waals surface area contributed by atoms with E-state index in [1.54, 1.807) is 0 Å². The fraction of sp³-hybridized carbons (Fsp3) is 0.818. The highest BCUT2D eigenvalue weighted by molar-refractivity contribution is 5.83. The maximum absolute atomic E-state index is 11.0. The van der Waals surface area contributed by atoms with Gasteiger partial charge in [0.05, 0.1) is 19.8 Å². The van der Waals surface area contributed by atoms with Crippen LogP contribution in [0.1, 0.15) is 33.6 Å². The molecule has 0 spiro atoms. The Bertz CT molecular complexity index is 183. The van der Waals surface area contributed by atoms with E-state index in [9.17, 15) is 9.59 Å². The Balaban J connectivity index is 0. The normalized spacial score (nSPS) is 9.00. The van der Waals surface area contributed by atoms with Crippen molar-refractivity contribution in [3.63, 3.8) is 0 Å². The van der Waals surface area contributed by atoms with E-state index < -0.39 is 0 Å². The second-order valence-corrected chi connectivity index (χ2v) is 2.89. The van der Waals surface area contributed by atoms with Crippen molar-refractivity contribution in [2.45, 2.75) is 33.6 Å². The molecule has 0 radical (unpaired) electrons. The van der Waals surface area contributed by atoms with Gasteiger partial charge in [0, 0.05) is 19.4 Å². The maximum Gasteiger partial charge on any atom is 0.220 e. The van der Waals surface area contributed by atoms with Crippen LogP contribution in [0.5, 0.6) is 0 Å². The van der Waals surface area contributed by atoms with Crippen LogP contribution in [-0.2, 0) is 14.3 Å². The van der Waals surface area contributed by atoms with Gasteiger partial charge in [0.1, 0.15) is 5.78 Å². The van der Waals surface area contributed by atoms with Crippen LogP contribution in [0.4, 0.5) is 0 Å². The van der Waals surface area contributed by atoms with Crippen LogP contribution in [0.3, 0.4) is 0 Å². The lowest BCUT2D eigenvalue weighted by Gasteiger charge is -2.04. The minimum Gasteiger partial charge on any atom is -0.394 e. The molecule has 16 heavy (non-hydrogen) atoms. The number of Topliss-reactive ketones (excluding diaryl/α,β-unsaturated/α-hetero) is 1. The van der Waals surface area contributed by atoms with Crippen LogP contribution in [0.2, 0.25) is 0 Å². The van der Waals surface area contributed by atoms with Crippen LogP contribution in [0.15, 0.2) is 0 Å². The third kappa shape index (κ3) is 15.5. The molecule has 5 heteroatoms. The van der Waals surface area contributed by atoms with Crippen molar-refractivity contribution in [2.75, 3.05) is 26.4 Å². The molecule has 1 amide bonds. The van der Waals surface area contributed by atoms with Gasteiger partial charge in [-0.3, -0.25) is 4.79 Å². The van der Waals surface area contributed by atoms with Crippen molar-refractivity contribution >= 4 is 11.7 Å². The summed E-state index contributed by atoms with van der Waals surface area (Å²) in [5.41, 5.74) is 0. The summed E-state index contributed by atoms with van der Waals surface area (Å²) in [7, 11) is 0. The Hall–Kier alpha value is -0.940. The van der Waals surface area contributed by atoms with Crippen molar-refractivity contribution in [3.8, 4) is 0 Å². The van der Waals surface area contributed by atoms with Crippen molar-refractivity contribution < 1.29 is 19.4 Å². The van der Waals surface area contributed by atoms with E-state index in [1.807, 2.05) is 13.8 Å². The number of ether oxygens (including phenoxy) is 1. The number of ketones is 1. The summed E-state index contributed by atoms with van der Waals surface area (Å²) in [4.78, 5) is 21.5. The Morgan fingerprint density at radius 1 is 1.19 bits per heavy atom. The van der Waals surface area contributed by atoms with Crippen LogP contribution in [-0.4, -0.2) is 43.2 Å². The molecule has 0 saturated heterocycles. The molecule has 0 aliphatic rings. The van der Waals surface area contributed by atoms with Gasteiger partial charge in [0.25, 0.3) is 0 Å². The average Bonchev–Trinajstić information content (AvgIpc) is 2.29. The van der Waals surface area contributed by atoms with E-state index in [0.717, 1.165) is 0 Å². The minimum absolute atomic E-state index is 0.0108. The number of rotatable bonds is 8. The molecular weight excluding hydrogens is 210 g/mol. The molecule has 0 aromatic rings. The van der Waals surface area contributed by atoms with Gasteiger partial charge in [-0.15, -0.1) is 0 Å². The predicted molar refractivity (Wildman–Crippen MR) is 62.2 cm³/mol. The van der Waals surface area contributed by atoms with Crippen molar-refractivity contribution in [3.05, 3.63) is 0 Å². The zero-order valence-corrected chi connectivity index (χ0v) is 10.4. The van der Waals surface area contributed by atoms with Crippen molar-refractivity contribution in [1.82, 2.24) is 5.32 Å². The molecule has 0 saturated carbocycles. The van der Waals surface area contributed by atoms with Gasteiger partial charge in [-0.05, 0) is 6.92 Å². The van der Waals surface area contributed by atoms with E-state index in [4.69, 9.17) is 9.84 Å². The fourth-order valence-electron chi connectivity index (χ4n) is 0.807. The second-order valence-electron chi connectivity index (χ2n) is 2.89. The van der Waals surface area contributed by atoms with Gasteiger partial charge in [-0.1, -0.05) is 13.8 Å². The van der Waals surface area contributed by atoms with Crippen LogP contribution in [0, 0.1) is 0 Å². The SMILES string of the molecule is CC.CC(=O)CCC(=O)NCCOCCO. The Morgan fingerprint density at radius 3 is 2.31 bits per heavy atom.